The Bertz CT molecular complexity index is 686. The lowest BCUT2D eigenvalue weighted by Gasteiger charge is -2.19. The molecule has 7 nitrogen and oxygen atoms in total. The summed E-state index contributed by atoms with van der Waals surface area (Å²) < 4.78 is 10.3. The summed E-state index contributed by atoms with van der Waals surface area (Å²) in [7, 11) is 1.29. The number of aryl methyl sites for hydroxylation is 1. The van der Waals surface area contributed by atoms with E-state index in [-0.39, 0.29) is 18.0 Å². The summed E-state index contributed by atoms with van der Waals surface area (Å²) in [5, 5.41) is 0. The zero-order chi connectivity index (χ0) is 17.4. The van der Waals surface area contributed by atoms with Crippen LogP contribution < -0.4 is 9.64 Å². The fourth-order valence-corrected chi connectivity index (χ4v) is 3.84. The van der Waals surface area contributed by atoms with Gasteiger partial charge in [-0.05, 0) is 25.5 Å². The van der Waals surface area contributed by atoms with Gasteiger partial charge in [0, 0.05) is 11.8 Å². The maximum Gasteiger partial charge on any atom is 0.346 e. The number of urea groups is 1. The molecule has 3 rings (SSSR count). The lowest BCUT2D eigenvalue weighted by Crippen LogP contribution is -2.33. The molecule has 2 unspecified atom stereocenters. The normalized spacial score (nSPS) is 21.0. The Morgan fingerprint density at radius 2 is 2.12 bits per heavy atom. The second-order valence-electron chi connectivity index (χ2n) is 5.67. The van der Waals surface area contributed by atoms with E-state index in [1.165, 1.54) is 12.0 Å². The first kappa shape index (κ1) is 16.6. The van der Waals surface area contributed by atoms with Crippen LogP contribution in [0.1, 0.15) is 12.5 Å². The number of hydrogen-bond acceptors (Lipinski definition) is 6. The number of fused-ring (bicyclic) bond motifs is 1. The van der Waals surface area contributed by atoms with Gasteiger partial charge in [0.05, 0.1) is 18.7 Å². The predicted molar refractivity (Wildman–Crippen MR) is 89.1 cm³/mol. The number of imide groups is 1. The average Bonchev–Trinajstić information content (AvgIpc) is 3.13. The number of anilines is 1. The van der Waals surface area contributed by atoms with Crippen molar-refractivity contribution in [1.29, 1.82) is 0 Å². The topological polar surface area (TPSA) is 76.2 Å². The fraction of sp³-hybridized carbons (Fsp3) is 0.438. The Kier molecular flexibility index (Phi) is 4.40. The summed E-state index contributed by atoms with van der Waals surface area (Å²) >= 11 is 1.57. The first-order valence-corrected chi connectivity index (χ1v) is 8.67. The second kappa shape index (κ2) is 6.35. The molecular formula is C16H18N2O5S. The summed E-state index contributed by atoms with van der Waals surface area (Å²) in [6.45, 7) is 3.41. The van der Waals surface area contributed by atoms with Crippen LogP contribution in [0.4, 0.5) is 10.5 Å². The Morgan fingerprint density at radius 3 is 2.79 bits per heavy atom. The van der Waals surface area contributed by atoms with Crippen molar-refractivity contribution in [2.75, 3.05) is 23.6 Å². The van der Waals surface area contributed by atoms with Gasteiger partial charge in [-0.1, -0.05) is 6.07 Å². The van der Waals surface area contributed by atoms with Crippen LogP contribution in [0, 0.1) is 6.92 Å². The minimum atomic E-state index is -0.784. The fourth-order valence-electron chi connectivity index (χ4n) is 2.70. The molecule has 3 amide bonds. The number of nitrogens with zero attached hydrogens (tertiary/aromatic N) is 2. The molecule has 0 saturated carbocycles. The number of thioether (sulfide) groups is 1. The highest BCUT2D eigenvalue weighted by Gasteiger charge is 2.48. The van der Waals surface area contributed by atoms with Crippen molar-refractivity contribution in [1.82, 2.24) is 4.90 Å². The molecule has 2 saturated heterocycles. The zero-order valence-corrected chi connectivity index (χ0v) is 14.5. The zero-order valence-electron chi connectivity index (χ0n) is 13.6. The van der Waals surface area contributed by atoms with Gasteiger partial charge in [0.2, 0.25) is 0 Å². The van der Waals surface area contributed by atoms with Gasteiger partial charge >= 0.3 is 12.0 Å². The van der Waals surface area contributed by atoms with Crippen molar-refractivity contribution in [3.05, 3.63) is 23.8 Å². The molecule has 0 radical (unpaired) electrons. The highest BCUT2D eigenvalue weighted by atomic mass is 32.2. The average molecular weight is 350 g/mol. The third-order valence-electron chi connectivity index (χ3n) is 4.09. The van der Waals surface area contributed by atoms with E-state index in [9.17, 15) is 14.4 Å². The molecular weight excluding hydrogens is 332 g/mol. The molecule has 0 aliphatic carbocycles. The van der Waals surface area contributed by atoms with Crippen molar-refractivity contribution in [3.8, 4) is 5.75 Å². The quantitative estimate of drug-likeness (QED) is 0.609. The number of hydrogen-bond donors (Lipinski definition) is 0. The Morgan fingerprint density at radius 1 is 1.38 bits per heavy atom. The number of esters is 1. The number of ether oxygens (including phenoxy) is 2. The summed E-state index contributed by atoms with van der Waals surface area (Å²) in [4.78, 5) is 39.3. The summed E-state index contributed by atoms with van der Waals surface area (Å²) in [5.74, 6) is 0.870. The van der Waals surface area contributed by atoms with Gasteiger partial charge in [0.1, 0.15) is 11.8 Å². The SMILES string of the molecule is COC(=O)C(C)Oc1cc(N2C(=O)C3CSCN3C2=O)ccc1C. The van der Waals surface area contributed by atoms with Crippen molar-refractivity contribution in [2.45, 2.75) is 26.0 Å². The minimum absolute atomic E-state index is 0.221. The van der Waals surface area contributed by atoms with Crippen LogP contribution in [0.15, 0.2) is 18.2 Å². The van der Waals surface area contributed by atoms with Gasteiger partial charge in [-0.3, -0.25) is 4.79 Å². The first-order chi connectivity index (χ1) is 11.4. The van der Waals surface area contributed by atoms with Crippen LogP contribution in [0.5, 0.6) is 5.75 Å². The van der Waals surface area contributed by atoms with Crippen LogP contribution in [-0.4, -0.2) is 53.7 Å². The number of rotatable bonds is 4. The Hall–Kier alpha value is -2.22. The van der Waals surface area contributed by atoms with E-state index in [0.29, 0.717) is 23.1 Å². The molecule has 128 valence electrons. The van der Waals surface area contributed by atoms with Crippen molar-refractivity contribution in [2.24, 2.45) is 0 Å². The van der Waals surface area contributed by atoms with Crippen LogP contribution >= 0.6 is 11.8 Å². The maximum atomic E-state index is 12.5. The van der Waals surface area contributed by atoms with E-state index in [1.54, 1.807) is 41.8 Å². The van der Waals surface area contributed by atoms with E-state index in [2.05, 4.69) is 4.74 Å². The van der Waals surface area contributed by atoms with Crippen LogP contribution in [0.25, 0.3) is 0 Å². The van der Waals surface area contributed by atoms with Crippen LogP contribution in [0.2, 0.25) is 0 Å². The minimum Gasteiger partial charge on any atom is -0.479 e. The Balaban J connectivity index is 1.87. The molecule has 0 aromatic heterocycles. The van der Waals surface area contributed by atoms with E-state index >= 15 is 0 Å². The standard InChI is InChI=1S/C16H18N2O5S/c1-9-4-5-11(6-13(9)23-10(2)15(20)22-3)18-14(19)12-7-24-8-17(12)16(18)21/h4-6,10,12H,7-8H2,1-3H3. The number of methoxy groups -OCH3 is 1. The van der Waals surface area contributed by atoms with Crippen molar-refractivity contribution in [3.63, 3.8) is 0 Å². The predicted octanol–water partition coefficient (Wildman–Crippen LogP) is 1.78. The molecule has 24 heavy (non-hydrogen) atoms. The molecule has 0 spiro atoms. The third-order valence-corrected chi connectivity index (χ3v) is 5.10. The van der Waals surface area contributed by atoms with Gasteiger partial charge in [0.15, 0.2) is 6.10 Å². The molecule has 2 aliphatic rings. The molecule has 1 aromatic rings. The van der Waals surface area contributed by atoms with Gasteiger partial charge < -0.3 is 14.4 Å². The van der Waals surface area contributed by atoms with Crippen molar-refractivity contribution < 1.29 is 23.9 Å². The van der Waals surface area contributed by atoms with E-state index in [4.69, 9.17) is 4.74 Å². The number of carbonyl (C=O) groups excluding carboxylic acids is 3. The van der Waals surface area contributed by atoms with Gasteiger partial charge in [-0.15, -0.1) is 11.8 Å². The number of carbonyl (C=O) groups is 3. The monoisotopic (exact) mass is 350 g/mol. The number of amides is 3. The highest BCUT2D eigenvalue weighted by Crippen LogP contribution is 2.34. The van der Waals surface area contributed by atoms with E-state index < -0.39 is 12.1 Å². The lowest BCUT2D eigenvalue weighted by atomic mass is 10.2. The molecule has 1 aromatic carbocycles. The van der Waals surface area contributed by atoms with Gasteiger partial charge in [-0.2, -0.15) is 0 Å². The van der Waals surface area contributed by atoms with Crippen LogP contribution in [-0.2, 0) is 14.3 Å². The molecule has 2 fully saturated rings. The maximum absolute atomic E-state index is 12.5. The van der Waals surface area contributed by atoms with Crippen LogP contribution in [0.3, 0.4) is 0 Å². The molecule has 0 bridgehead atoms. The summed E-state index contributed by atoms with van der Waals surface area (Å²) in [5.41, 5.74) is 1.24. The van der Waals surface area contributed by atoms with E-state index in [0.717, 1.165) is 5.56 Å². The molecule has 2 atom stereocenters. The third kappa shape index (κ3) is 2.71. The highest BCUT2D eigenvalue weighted by molar-refractivity contribution is 7.99. The smallest absolute Gasteiger partial charge is 0.346 e. The summed E-state index contributed by atoms with van der Waals surface area (Å²) in [6, 6.07) is 4.37. The largest absolute Gasteiger partial charge is 0.479 e. The molecule has 0 N–H and O–H groups in total. The van der Waals surface area contributed by atoms with E-state index in [1.807, 2.05) is 6.92 Å². The van der Waals surface area contributed by atoms with Gasteiger partial charge in [-0.25, -0.2) is 14.5 Å². The Labute approximate surface area is 143 Å². The second-order valence-corrected chi connectivity index (χ2v) is 6.67. The van der Waals surface area contributed by atoms with Gasteiger partial charge in [0.25, 0.3) is 5.91 Å². The lowest BCUT2D eigenvalue weighted by molar-refractivity contribution is -0.147. The first-order valence-electron chi connectivity index (χ1n) is 7.51. The molecule has 2 heterocycles. The summed E-state index contributed by atoms with van der Waals surface area (Å²) in [6.07, 6.45) is -0.784. The number of benzene rings is 1. The van der Waals surface area contributed by atoms with Crippen molar-refractivity contribution >= 4 is 35.4 Å². The molecule has 2 aliphatic heterocycles. The molecule has 8 heteroatoms.